The van der Waals surface area contributed by atoms with Crippen molar-refractivity contribution in [2.24, 2.45) is 5.10 Å². The number of ether oxygens (including phenoxy) is 1. The second-order valence-electron chi connectivity index (χ2n) is 6.83. The molecule has 9 heteroatoms. The summed E-state index contributed by atoms with van der Waals surface area (Å²) in [6.45, 7) is -0.187. The molecule has 0 radical (unpaired) electrons. The van der Waals surface area contributed by atoms with Crippen LogP contribution in [0.5, 0.6) is 5.75 Å². The molecular formula is C24H21ClFN3O3S. The summed E-state index contributed by atoms with van der Waals surface area (Å²) in [6.07, 6.45) is 1.52. The Morgan fingerprint density at radius 1 is 1.03 bits per heavy atom. The second-order valence-corrected chi connectivity index (χ2v) is 8.25. The van der Waals surface area contributed by atoms with Crippen molar-refractivity contribution in [2.45, 2.75) is 5.75 Å². The molecule has 0 aromatic heterocycles. The normalized spacial score (nSPS) is 10.7. The Kier molecular flexibility index (Phi) is 9.29. The first-order chi connectivity index (χ1) is 16.0. The highest BCUT2D eigenvalue weighted by Crippen LogP contribution is 2.16. The van der Waals surface area contributed by atoms with E-state index in [4.69, 9.17) is 16.3 Å². The van der Waals surface area contributed by atoms with Gasteiger partial charge in [0.2, 0.25) is 5.91 Å². The Hall–Kier alpha value is -3.36. The molecule has 3 rings (SSSR count). The fourth-order valence-electron chi connectivity index (χ4n) is 2.63. The number of hydrogen-bond donors (Lipinski definition) is 2. The molecule has 0 saturated heterocycles. The van der Waals surface area contributed by atoms with Gasteiger partial charge in [0.1, 0.15) is 11.6 Å². The lowest BCUT2D eigenvalue weighted by Gasteiger charge is -2.07. The molecule has 6 nitrogen and oxygen atoms in total. The Bertz CT molecular complexity index is 1110. The summed E-state index contributed by atoms with van der Waals surface area (Å²) in [7, 11) is 0. The van der Waals surface area contributed by atoms with Crippen LogP contribution in [-0.2, 0) is 15.3 Å². The predicted octanol–water partition coefficient (Wildman–Crippen LogP) is 4.88. The van der Waals surface area contributed by atoms with Gasteiger partial charge in [-0.2, -0.15) is 5.10 Å². The van der Waals surface area contributed by atoms with Gasteiger partial charge in [0.05, 0.1) is 12.0 Å². The van der Waals surface area contributed by atoms with Crippen LogP contribution in [0.25, 0.3) is 0 Å². The molecule has 0 saturated carbocycles. The molecular weight excluding hydrogens is 465 g/mol. The highest BCUT2D eigenvalue weighted by molar-refractivity contribution is 7.99. The lowest BCUT2D eigenvalue weighted by Crippen LogP contribution is -2.20. The summed E-state index contributed by atoms with van der Waals surface area (Å²) in [5.74, 6) is 0.522. The van der Waals surface area contributed by atoms with Crippen molar-refractivity contribution >= 4 is 47.1 Å². The molecule has 0 unspecified atom stereocenters. The fourth-order valence-corrected chi connectivity index (χ4v) is 3.61. The van der Waals surface area contributed by atoms with Gasteiger partial charge in [0.25, 0.3) is 5.91 Å². The summed E-state index contributed by atoms with van der Waals surface area (Å²) >= 11 is 7.41. The minimum absolute atomic E-state index is 0.187. The van der Waals surface area contributed by atoms with Gasteiger partial charge in [-0.05, 0) is 71.8 Å². The van der Waals surface area contributed by atoms with Gasteiger partial charge in [0, 0.05) is 16.5 Å². The third-order valence-corrected chi connectivity index (χ3v) is 5.41. The first kappa shape index (κ1) is 24.3. The van der Waals surface area contributed by atoms with Crippen LogP contribution in [0.4, 0.5) is 10.1 Å². The van der Waals surface area contributed by atoms with Crippen molar-refractivity contribution in [2.75, 3.05) is 17.7 Å². The highest BCUT2D eigenvalue weighted by atomic mass is 35.5. The average Bonchev–Trinajstić information content (AvgIpc) is 2.80. The van der Waals surface area contributed by atoms with Gasteiger partial charge in [-0.3, -0.25) is 9.59 Å². The number of nitrogens with zero attached hydrogens (tertiary/aromatic N) is 1. The van der Waals surface area contributed by atoms with Gasteiger partial charge < -0.3 is 10.1 Å². The van der Waals surface area contributed by atoms with E-state index in [0.717, 1.165) is 11.1 Å². The molecule has 170 valence electrons. The van der Waals surface area contributed by atoms with Crippen molar-refractivity contribution in [3.05, 3.63) is 94.8 Å². The largest absolute Gasteiger partial charge is 0.484 e. The van der Waals surface area contributed by atoms with E-state index in [0.29, 0.717) is 22.2 Å². The van der Waals surface area contributed by atoms with Gasteiger partial charge >= 0.3 is 0 Å². The van der Waals surface area contributed by atoms with Gasteiger partial charge in [0.15, 0.2) is 6.61 Å². The fraction of sp³-hybridized carbons (Fsp3) is 0.125. The zero-order valence-corrected chi connectivity index (χ0v) is 19.0. The zero-order valence-electron chi connectivity index (χ0n) is 17.5. The topological polar surface area (TPSA) is 79.8 Å². The summed E-state index contributed by atoms with van der Waals surface area (Å²) < 4.78 is 18.3. The quantitative estimate of drug-likeness (QED) is 0.317. The summed E-state index contributed by atoms with van der Waals surface area (Å²) in [4.78, 5) is 23.8. The average molecular weight is 486 g/mol. The van der Waals surface area contributed by atoms with E-state index in [1.807, 2.05) is 24.3 Å². The molecule has 0 fully saturated rings. The maximum atomic E-state index is 12.9. The second kappa shape index (κ2) is 12.6. The predicted molar refractivity (Wildman–Crippen MR) is 130 cm³/mol. The standard InChI is InChI=1S/C24H21ClFN3O3S/c25-19-3-1-2-18(12-19)15-33-16-24(31)29-27-13-17-4-10-22(11-5-17)32-14-23(30)28-21-8-6-20(26)7-9-21/h1-13H,14-16H2,(H,28,30)(H,29,31)/b27-13-. The van der Waals surface area contributed by atoms with Crippen LogP contribution in [0.3, 0.4) is 0 Å². The van der Waals surface area contributed by atoms with Crippen LogP contribution in [0, 0.1) is 5.82 Å². The van der Waals surface area contributed by atoms with Gasteiger partial charge in [-0.1, -0.05) is 23.7 Å². The Balaban J connectivity index is 1.35. The molecule has 0 spiro atoms. The van der Waals surface area contributed by atoms with Crippen LogP contribution in [0.2, 0.25) is 5.02 Å². The number of hydrazone groups is 1. The number of halogens is 2. The lowest BCUT2D eigenvalue weighted by molar-refractivity contribution is -0.119. The van der Waals surface area contributed by atoms with E-state index in [1.165, 1.54) is 42.2 Å². The summed E-state index contributed by atoms with van der Waals surface area (Å²) in [5.41, 5.74) is 4.78. The van der Waals surface area contributed by atoms with Crippen molar-refractivity contribution in [3.63, 3.8) is 0 Å². The first-order valence-corrected chi connectivity index (χ1v) is 11.4. The van der Waals surface area contributed by atoms with Gasteiger partial charge in [-0.15, -0.1) is 11.8 Å². The van der Waals surface area contributed by atoms with E-state index >= 15 is 0 Å². The lowest BCUT2D eigenvalue weighted by atomic mass is 10.2. The maximum absolute atomic E-state index is 12.9. The zero-order chi connectivity index (χ0) is 23.5. The van der Waals surface area contributed by atoms with E-state index in [2.05, 4.69) is 15.8 Å². The van der Waals surface area contributed by atoms with Crippen molar-refractivity contribution in [1.82, 2.24) is 5.43 Å². The van der Waals surface area contributed by atoms with Crippen LogP contribution in [0.15, 0.2) is 77.9 Å². The van der Waals surface area contributed by atoms with Crippen molar-refractivity contribution in [3.8, 4) is 5.75 Å². The monoisotopic (exact) mass is 485 g/mol. The molecule has 0 aliphatic carbocycles. The summed E-state index contributed by atoms with van der Waals surface area (Å²) in [5, 5.41) is 7.24. The van der Waals surface area contributed by atoms with Crippen molar-refractivity contribution < 1.29 is 18.7 Å². The number of thioether (sulfide) groups is 1. The van der Waals surface area contributed by atoms with E-state index in [-0.39, 0.29) is 30.0 Å². The minimum Gasteiger partial charge on any atom is -0.484 e. The molecule has 2 N–H and O–H groups in total. The van der Waals surface area contributed by atoms with Crippen LogP contribution in [-0.4, -0.2) is 30.4 Å². The molecule has 0 bridgehead atoms. The SMILES string of the molecule is O=C(CSCc1cccc(Cl)c1)N/N=C\c1ccc(OCC(=O)Nc2ccc(F)cc2)cc1. The highest BCUT2D eigenvalue weighted by Gasteiger charge is 2.05. The number of carbonyl (C=O) groups is 2. The third-order valence-electron chi connectivity index (χ3n) is 4.17. The molecule has 33 heavy (non-hydrogen) atoms. The molecule has 0 heterocycles. The number of amides is 2. The smallest absolute Gasteiger partial charge is 0.262 e. The Labute approximate surface area is 200 Å². The number of nitrogens with one attached hydrogen (secondary N) is 2. The molecule has 0 atom stereocenters. The van der Waals surface area contributed by atoms with E-state index in [9.17, 15) is 14.0 Å². The molecule has 2 amide bonds. The summed E-state index contributed by atoms with van der Waals surface area (Å²) in [6, 6.07) is 19.9. The first-order valence-electron chi connectivity index (χ1n) is 9.90. The number of anilines is 1. The Morgan fingerprint density at radius 3 is 2.52 bits per heavy atom. The molecule has 0 aliphatic heterocycles. The van der Waals surface area contributed by atoms with Gasteiger partial charge in [-0.25, -0.2) is 9.82 Å². The van der Waals surface area contributed by atoms with E-state index < -0.39 is 0 Å². The number of benzene rings is 3. The molecule has 3 aromatic carbocycles. The van der Waals surface area contributed by atoms with Crippen LogP contribution >= 0.6 is 23.4 Å². The minimum atomic E-state index is -0.375. The third kappa shape index (κ3) is 8.96. The molecule has 0 aliphatic rings. The van der Waals surface area contributed by atoms with E-state index in [1.54, 1.807) is 24.3 Å². The molecule has 3 aromatic rings. The number of rotatable bonds is 10. The maximum Gasteiger partial charge on any atom is 0.262 e. The van der Waals surface area contributed by atoms with Crippen molar-refractivity contribution in [1.29, 1.82) is 0 Å². The van der Waals surface area contributed by atoms with Crippen LogP contribution in [0.1, 0.15) is 11.1 Å². The van der Waals surface area contributed by atoms with Crippen LogP contribution < -0.4 is 15.5 Å². The number of hydrogen-bond acceptors (Lipinski definition) is 5. The Morgan fingerprint density at radius 2 is 1.79 bits per heavy atom. The number of carbonyl (C=O) groups excluding carboxylic acids is 2.